The fourth-order valence-corrected chi connectivity index (χ4v) is 2.69. The average Bonchev–Trinajstić information content (AvgIpc) is 2.65. The molecule has 0 spiro atoms. The molecule has 2 heterocycles. The second kappa shape index (κ2) is 7.47. The Morgan fingerprint density at radius 1 is 1.07 bits per heavy atom. The smallest absolute Gasteiger partial charge is 0.416 e. The summed E-state index contributed by atoms with van der Waals surface area (Å²) >= 11 is 0. The molecule has 1 aromatic carbocycles. The van der Waals surface area contributed by atoms with Crippen LogP contribution in [0, 0.1) is 0 Å². The number of alkyl halides is 3. The third kappa shape index (κ3) is 4.24. The number of hydrogen-bond donors (Lipinski definition) is 2. The number of nitrogens with one attached hydrogen (secondary N) is 1. The van der Waals surface area contributed by atoms with E-state index in [-0.39, 0.29) is 16.8 Å². The summed E-state index contributed by atoms with van der Waals surface area (Å²) in [7, 11) is 3.95. The molecule has 0 fully saturated rings. The summed E-state index contributed by atoms with van der Waals surface area (Å²) in [5, 5.41) is 23.1. The van der Waals surface area contributed by atoms with Crippen molar-refractivity contribution in [1.29, 1.82) is 0 Å². The first-order chi connectivity index (χ1) is 13.5. The Hall–Kier alpha value is -2.94. The SMILES string of the molecule is CN(C)C(C)(C)CNc1nnc(-c2ccc(C(F)(F)F)cc2O)c2ccncc12. The highest BCUT2D eigenvalue weighted by Crippen LogP contribution is 2.38. The number of phenolic OH excluding ortho intramolecular Hbond substituents is 1. The van der Waals surface area contributed by atoms with Gasteiger partial charge in [0, 0.05) is 40.8 Å². The number of aromatic nitrogens is 3. The van der Waals surface area contributed by atoms with Crippen LogP contribution in [0.5, 0.6) is 5.75 Å². The predicted molar refractivity (Wildman–Crippen MR) is 106 cm³/mol. The number of phenols is 1. The molecular weight excluding hydrogens is 383 g/mol. The number of halogens is 3. The summed E-state index contributed by atoms with van der Waals surface area (Å²) in [6, 6.07) is 4.49. The summed E-state index contributed by atoms with van der Waals surface area (Å²) in [5.74, 6) is -0.000126. The molecule has 0 amide bonds. The van der Waals surface area contributed by atoms with Gasteiger partial charge < -0.3 is 15.3 Å². The summed E-state index contributed by atoms with van der Waals surface area (Å²) in [6.45, 7) is 4.73. The third-order valence-electron chi connectivity index (χ3n) is 5.06. The summed E-state index contributed by atoms with van der Waals surface area (Å²) in [4.78, 5) is 6.20. The molecule has 0 aliphatic rings. The zero-order chi connectivity index (χ0) is 21.4. The second-order valence-corrected chi connectivity index (χ2v) is 7.61. The quantitative estimate of drug-likeness (QED) is 0.664. The van der Waals surface area contributed by atoms with Crippen LogP contribution < -0.4 is 5.32 Å². The fourth-order valence-electron chi connectivity index (χ4n) is 2.69. The van der Waals surface area contributed by atoms with Crippen LogP contribution in [-0.4, -0.2) is 51.4 Å². The molecule has 2 aromatic heterocycles. The molecule has 3 aromatic rings. The maximum atomic E-state index is 12.9. The highest BCUT2D eigenvalue weighted by atomic mass is 19.4. The van der Waals surface area contributed by atoms with Crippen LogP contribution in [0.4, 0.5) is 19.0 Å². The topological polar surface area (TPSA) is 74.2 Å². The molecule has 0 aliphatic heterocycles. The Balaban J connectivity index is 2.04. The lowest BCUT2D eigenvalue weighted by molar-refractivity contribution is -0.137. The van der Waals surface area contributed by atoms with Crippen molar-refractivity contribution in [3.8, 4) is 17.0 Å². The van der Waals surface area contributed by atoms with Crippen molar-refractivity contribution in [3.63, 3.8) is 0 Å². The lowest BCUT2D eigenvalue weighted by Gasteiger charge is -2.32. The number of likely N-dealkylation sites (N-methyl/N-ethyl adjacent to an activating group) is 1. The molecular formula is C20H22F3N5O. The number of pyridine rings is 1. The van der Waals surface area contributed by atoms with E-state index in [9.17, 15) is 18.3 Å². The van der Waals surface area contributed by atoms with E-state index < -0.39 is 17.5 Å². The van der Waals surface area contributed by atoms with Crippen LogP contribution in [0.2, 0.25) is 0 Å². The lowest BCUT2D eigenvalue weighted by atomic mass is 10.0. The standard InChI is InChI=1S/C20H22F3N5O/c1-19(2,28(3)4)11-25-18-15-10-24-8-7-13(15)17(26-27-18)14-6-5-12(9-16(14)29)20(21,22)23/h5-10,29H,11H2,1-4H3,(H,25,27). The van der Waals surface area contributed by atoms with Gasteiger partial charge in [0.25, 0.3) is 0 Å². The Morgan fingerprint density at radius 3 is 2.41 bits per heavy atom. The zero-order valence-corrected chi connectivity index (χ0v) is 16.5. The van der Waals surface area contributed by atoms with E-state index in [0.717, 1.165) is 6.07 Å². The zero-order valence-electron chi connectivity index (χ0n) is 16.5. The van der Waals surface area contributed by atoms with Gasteiger partial charge in [0.05, 0.1) is 5.56 Å². The first-order valence-corrected chi connectivity index (χ1v) is 8.93. The van der Waals surface area contributed by atoms with Crippen LogP contribution >= 0.6 is 0 Å². The Morgan fingerprint density at radius 2 is 1.79 bits per heavy atom. The van der Waals surface area contributed by atoms with Gasteiger partial charge in [0.15, 0.2) is 5.82 Å². The Kier molecular flexibility index (Phi) is 5.36. The van der Waals surface area contributed by atoms with E-state index in [0.29, 0.717) is 29.2 Å². The normalized spacial score (nSPS) is 12.6. The number of hydrogen-bond acceptors (Lipinski definition) is 6. The van der Waals surface area contributed by atoms with Gasteiger partial charge >= 0.3 is 6.18 Å². The number of benzene rings is 1. The van der Waals surface area contributed by atoms with Gasteiger partial charge in [-0.2, -0.15) is 13.2 Å². The van der Waals surface area contributed by atoms with Crippen molar-refractivity contribution in [2.45, 2.75) is 25.6 Å². The van der Waals surface area contributed by atoms with Gasteiger partial charge in [-0.3, -0.25) is 4.98 Å². The van der Waals surface area contributed by atoms with Gasteiger partial charge in [-0.05, 0) is 52.2 Å². The molecule has 6 nitrogen and oxygen atoms in total. The minimum Gasteiger partial charge on any atom is -0.507 e. The Labute approximate surface area is 166 Å². The molecule has 0 atom stereocenters. The lowest BCUT2D eigenvalue weighted by Crippen LogP contribution is -2.44. The van der Waals surface area contributed by atoms with E-state index >= 15 is 0 Å². The molecule has 2 N–H and O–H groups in total. The van der Waals surface area contributed by atoms with Crippen molar-refractivity contribution in [2.24, 2.45) is 0 Å². The van der Waals surface area contributed by atoms with Crippen molar-refractivity contribution < 1.29 is 18.3 Å². The first-order valence-electron chi connectivity index (χ1n) is 8.93. The minimum atomic E-state index is -4.54. The van der Waals surface area contributed by atoms with Crippen LogP contribution in [0.3, 0.4) is 0 Å². The Bertz CT molecular complexity index is 1030. The van der Waals surface area contributed by atoms with Crippen LogP contribution in [0.15, 0.2) is 36.7 Å². The van der Waals surface area contributed by atoms with E-state index in [4.69, 9.17) is 0 Å². The highest BCUT2D eigenvalue weighted by molar-refractivity contribution is 6.00. The molecule has 0 radical (unpaired) electrons. The molecule has 9 heteroatoms. The molecule has 0 saturated carbocycles. The van der Waals surface area contributed by atoms with Crippen molar-refractivity contribution >= 4 is 16.6 Å². The van der Waals surface area contributed by atoms with E-state index in [1.165, 1.54) is 6.07 Å². The number of anilines is 1. The molecule has 0 unspecified atom stereocenters. The molecule has 3 rings (SSSR count). The number of fused-ring (bicyclic) bond motifs is 1. The largest absolute Gasteiger partial charge is 0.507 e. The highest BCUT2D eigenvalue weighted by Gasteiger charge is 2.31. The third-order valence-corrected chi connectivity index (χ3v) is 5.06. The first kappa shape index (κ1) is 20.8. The van der Waals surface area contributed by atoms with Gasteiger partial charge in [-0.25, -0.2) is 0 Å². The van der Waals surface area contributed by atoms with Crippen molar-refractivity contribution in [1.82, 2.24) is 20.1 Å². The monoisotopic (exact) mass is 405 g/mol. The second-order valence-electron chi connectivity index (χ2n) is 7.61. The molecule has 0 saturated heterocycles. The summed E-state index contributed by atoms with van der Waals surface area (Å²) in [5.41, 5.74) is -0.629. The fraction of sp³-hybridized carbons (Fsp3) is 0.350. The maximum Gasteiger partial charge on any atom is 0.416 e. The molecule has 29 heavy (non-hydrogen) atoms. The number of rotatable bonds is 5. The van der Waals surface area contributed by atoms with Gasteiger partial charge in [0.2, 0.25) is 0 Å². The molecule has 0 bridgehead atoms. The van der Waals surface area contributed by atoms with Crippen molar-refractivity contribution in [3.05, 3.63) is 42.2 Å². The molecule has 0 aliphatic carbocycles. The van der Waals surface area contributed by atoms with Crippen LogP contribution in [0.25, 0.3) is 22.0 Å². The van der Waals surface area contributed by atoms with Crippen LogP contribution in [-0.2, 0) is 6.18 Å². The number of nitrogens with zero attached hydrogens (tertiary/aromatic N) is 4. The van der Waals surface area contributed by atoms with Gasteiger partial charge in [-0.1, -0.05) is 0 Å². The van der Waals surface area contributed by atoms with Gasteiger partial charge in [-0.15, -0.1) is 10.2 Å². The predicted octanol–water partition coefficient (Wildman–Crippen LogP) is 4.17. The van der Waals surface area contributed by atoms with Crippen LogP contribution in [0.1, 0.15) is 19.4 Å². The van der Waals surface area contributed by atoms with Gasteiger partial charge in [0.1, 0.15) is 11.4 Å². The van der Waals surface area contributed by atoms with E-state index in [1.807, 2.05) is 14.1 Å². The van der Waals surface area contributed by atoms with E-state index in [1.54, 1.807) is 18.5 Å². The molecule has 154 valence electrons. The number of aromatic hydroxyl groups is 1. The minimum absolute atomic E-state index is 0.152. The maximum absolute atomic E-state index is 12.9. The summed E-state index contributed by atoms with van der Waals surface area (Å²) in [6.07, 6.45) is -1.37. The van der Waals surface area contributed by atoms with E-state index in [2.05, 4.69) is 39.2 Å². The summed E-state index contributed by atoms with van der Waals surface area (Å²) < 4.78 is 38.7. The van der Waals surface area contributed by atoms with Crippen molar-refractivity contribution in [2.75, 3.05) is 26.0 Å². The average molecular weight is 405 g/mol.